The van der Waals surface area contributed by atoms with Crippen molar-refractivity contribution in [2.75, 3.05) is 13.1 Å². The van der Waals surface area contributed by atoms with Crippen LogP contribution in [0.15, 0.2) is 48.5 Å². The van der Waals surface area contributed by atoms with Crippen LogP contribution in [0.3, 0.4) is 0 Å². The quantitative estimate of drug-likeness (QED) is 0.495. The third-order valence-electron chi connectivity index (χ3n) is 7.81. The van der Waals surface area contributed by atoms with E-state index in [0.717, 1.165) is 12.8 Å². The zero-order chi connectivity index (χ0) is 27.8. The lowest BCUT2D eigenvalue weighted by molar-refractivity contribution is -0.149. The zero-order valence-electron chi connectivity index (χ0n) is 21.9. The van der Waals surface area contributed by atoms with E-state index in [4.69, 9.17) is 28.9 Å². The molecule has 7 nitrogen and oxygen atoms in total. The summed E-state index contributed by atoms with van der Waals surface area (Å²) in [6.45, 7) is 7.40. The lowest BCUT2D eigenvalue weighted by Crippen LogP contribution is -2.61. The molecule has 3 N–H and O–H groups in total. The van der Waals surface area contributed by atoms with Crippen LogP contribution < -0.4 is 5.73 Å². The fourth-order valence-corrected chi connectivity index (χ4v) is 6.77. The van der Waals surface area contributed by atoms with Gasteiger partial charge in [0.1, 0.15) is 17.6 Å². The Morgan fingerprint density at radius 1 is 1.13 bits per heavy atom. The topological polar surface area (TPSA) is 111 Å². The highest BCUT2D eigenvalue weighted by Gasteiger charge is 2.66. The van der Waals surface area contributed by atoms with Crippen molar-refractivity contribution in [3.63, 3.8) is 0 Å². The van der Waals surface area contributed by atoms with Crippen molar-refractivity contribution in [2.24, 2.45) is 11.1 Å². The minimum atomic E-state index is -1.35. The molecule has 2 heterocycles. The van der Waals surface area contributed by atoms with Gasteiger partial charge in [0, 0.05) is 35.1 Å². The molecule has 5 atom stereocenters. The van der Waals surface area contributed by atoms with E-state index in [-0.39, 0.29) is 5.41 Å². The summed E-state index contributed by atoms with van der Waals surface area (Å²) in [5.41, 5.74) is 5.65. The average Bonchev–Trinajstić information content (AvgIpc) is 3.45. The maximum atomic E-state index is 13.2. The number of carbonyl (C=O) groups is 2. The number of likely N-dealkylation sites (tertiary alicyclic amines) is 2. The Kier molecular flexibility index (Phi) is 8.11. The first-order valence-electron chi connectivity index (χ1n) is 12.9. The average molecular weight is 558 g/mol. The molecule has 0 radical (unpaired) electrons. The summed E-state index contributed by atoms with van der Waals surface area (Å²) < 4.78 is 0. The highest BCUT2D eigenvalue weighted by molar-refractivity contribution is 6.30. The van der Waals surface area contributed by atoms with Gasteiger partial charge in [-0.15, -0.1) is 0 Å². The highest BCUT2D eigenvalue weighted by Crippen LogP contribution is 2.56. The van der Waals surface area contributed by atoms with Crippen LogP contribution in [0.25, 0.3) is 0 Å². The summed E-state index contributed by atoms with van der Waals surface area (Å²) in [6.07, 6.45) is 1.24. The van der Waals surface area contributed by atoms with Crippen LogP contribution in [0.4, 0.5) is 0 Å². The number of carboxylic acids is 1. The van der Waals surface area contributed by atoms with Gasteiger partial charge in [-0.1, -0.05) is 68.2 Å². The maximum Gasteiger partial charge on any atom is 0.321 e. The second kappa shape index (κ2) is 10.9. The molecule has 1 unspecified atom stereocenters. The number of nitrogens with two attached hydrogens (primary N) is 1. The number of hydrogen-bond acceptors (Lipinski definition) is 5. The summed E-state index contributed by atoms with van der Waals surface area (Å²) in [6, 6.07) is 14.7. The van der Waals surface area contributed by atoms with E-state index >= 15 is 0 Å². The van der Waals surface area contributed by atoms with Gasteiger partial charge in [0.25, 0.3) is 0 Å². The Morgan fingerprint density at radius 2 is 1.76 bits per heavy atom. The Labute approximate surface area is 234 Å². The van der Waals surface area contributed by atoms with Crippen LogP contribution >= 0.6 is 23.2 Å². The number of nitriles is 1. The maximum absolute atomic E-state index is 13.2. The van der Waals surface area contributed by atoms with Gasteiger partial charge in [0.05, 0.1) is 6.07 Å². The number of halogens is 2. The number of carboxylic acid groups (broad SMARTS) is 1. The van der Waals surface area contributed by atoms with Crippen LogP contribution in [-0.4, -0.2) is 58.1 Å². The molecule has 0 saturated carbocycles. The molecular weight excluding hydrogens is 523 g/mol. The summed E-state index contributed by atoms with van der Waals surface area (Å²) in [5.74, 6) is -2.58. The third kappa shape index (κ3) is 5.15. The molecule has 0 bridgehead atoms. The monoisotopic (exact) mass is 556 g/mol. The number of hydrogen-bond donors (Lipinski definition) is 2. The van der Waals surface area contributed by atoms with Crippen LogP contribution in [0.2, 0.25) is 10.0 Å². The van der Waals surface area contributed by atoms with Gasteiger partial charge in [-0.05, 0) is 60.1 Å². The van der Waals surface area contributed by atoms with E-state index in [9.17, 15) is 20.0 Å². The van der Waals surface area contributed by atoms with Crippen molar-refractivity contribution in [1.82, 2.24) is 9.80 Å². The molecule has 9 heteroatoms. The van der Waals surface area contributed by atoms with Gasteiger partial charge in [0.15, 0.2) is 0 Å². The molecule has 0 aliphatic carbocycles. The molecule has 38 heavy (non-hydrogen) atoms. The van der Waals surface area contributed by atoms with Crippen molar-refractivity contribution in [3.05, 3.63) is 69.7 Å². The molecule has 0 aromatic heterocycles. The molecule has 2 saturated heterocycles. The van der Waals surface area contributed by atoms with Gasteiger partial charge < -0.3 is 10.8 Å². The predicted octanol–water partition coefficient (Wildman–Crippen LogP) is 5.02. The lowest BCUT2D eigenvalue weighted by atomic mass is 9.63. The first kappa shape index (κ1) is 28.4. The van der Waals surface area contributed by atoms with E-state index in [1.54, 1.807) is 53.4 Å². The van der Waals surface area contributed by atoms with Crippen molar-refractivity contribution in [2.45, 2.75) is 69.6 Å². The number of amides is 1. The van der Waals surface area contributed by atoms with Crippen LogP contribution in [0, 0.1) is 16.7 Å². The number of carbonyl (C=O) groups excluding carboxylic acids is 1. The fraction of sp³-hybridized carbons (Fsp3) is 0.483. The highest BCUT2D eigenvalue weighted by atomic mass is 35.5. The summed E-state index contributed by atoms with van der Waals surface area (Å²) in [5, 5.41) is 22.9. The number of rotatable bonds is 7. The molecule has 2 aliphatic heterocycles. The van der Waals surface area contributed by atoms with Crippen LogP contribution in [-0.2, 0) is 15.0 Å². The Hall–Kier alpha value is -2.63. The number of benzene rings is 2. The molecule has 4 rings (SSSR count). The normalized spacial score (nSPS) is 27.2. The second-order valence-electron chi connectivity index (χ2n) is 11.6. The van der Waals surface area contributed by atoms with Gasteiger partial charge >= 0.3 is 5.97 Å². The Bertz CT molecular complexity index is 1230. The van der Waals surface area contributed by atoms with Crippen molar-refractivity contribution < 1.29 is 14.7 Å². The smallest absolute Gasteiger partial charge is 0.321 e. The Morgan fingerprint density at radius 3 is 2.26 bits per heavy atom. The van der Waals surface area contributed by atoms with Gasteiger partial charge in [0.2, 0.25) is 5.91 Å². The van der Waals surface area contributed by atoms with Crippen LogP contribution in [0.5, 0.6) is 0 Å². The van der Waals surface area contributed by atoms with Crippen molar-refractivity contribution >= 4 is 35.1 Å². The number of primary amides is 1. The number of nitrogens with zero attached hydrogens (tertiary/aromatic N) is 3. The van der Waals surface area contributed by atoms with Crippen LogP contribution in [0.1, 0.15) is 57.1 Å². The van der Waals surface area contributed by atoms with E-state index < -0.39 is 41.5 Å². The van der Waals surface area contributed by atoms with Gasteiger partial charge in [-0.25, -0.2) is 0 Å². The molecule has 1 amide bonds. The van der Waals surface area contributed by atoms with E-state index in [2.05, 4.69) is 6.07 Å². The predicted molar refractivity (Wildman–Crippen MR) is 148 cm³/mol. The molecule has 2 aromatic rings. The Balaban J connectivity index is 2.09. The minimum absolute atomic E-state index is 0.309. The SMILES string of the molecule is CC(C)(C)C[C@@H]1N(C(C(N)=O)N2CCCC2)[C@@H](C(=O)O)[C@H](c2cccc(Cl)c2)[C@@]1(C#N)c1ccc(Cl)cc1. The summed E-state index contributed by atoms with van der Waals surface area (Å²) in [4.78, 5) is 30.1. The third-order valence-corrected chi connectivity index (χ3v) is 8.30. The first-order chi connectivity index (χ1) is 17.9. The van der Waals surface area contributed by atoms with Crippen molar-refractivity contribution in [3.8, 4) is 6.07 Å². The molecule has 2 aliphatic rings. The zero-order valence-corrected chi connectivity index (χ0v) is 23.4. The minimum Gasteiger partial charge on any atom is -0.480 e. The van der Waals surface area contributed by atoms with E-state index in [1.165, 1.54) is 0 Å². The van der Waals surface area contributed by atoms with E-state index in [0.29, 0.717) is 40.7 Å². The first-order valence-corrected chi connectivity index (χ1v) is 13.6. The number of aliphatic carboxylic acids is 1. The summed E-state index contributed by atoms with van der Waals surface area (Å²) >= 11 is 12.6. The molecule has 202 valence electrons. The molecule has 2 fully saturated rings. The standard InChI is InChI=1S/C29H34Cl2N4O3/c1-28(2,3)16-22-29(17-32,19-9-11-20(30)12-10-19)23(18-7-6-8-21(31)15-18)24(27(37)38)35(22)26(25(33)36)34-13-4-5-14-34/h6-12,15,22-24,26H,4-5,13-14,16H2,1-3H3,(H2,33,36)(H,37,38)/t22-,23-,24+,26?,29-/m0/s1. The van der Waals surface area contributed by atoms with Crippen molar-refractivity contribution in [1.29, 1.82) is 5.26 Å². The van der Waals surface area contributed by atoms with E-state index in [1.807, 2.05) is 25.7 Å². The molecule has 2 aromatic carbocycles. The van der Waals surface area contributed by atoms with Gasteiger partial charge in [-0.2, -0.15) is 5.26 Å². The van der Waals surface area contributed by atoms with Gasteiger partial charge in [-0.3, -0.25) is 19.4 Å². The second-order valence-corrected chi connectivity index (χ2v) is 12.4. The summed E-state index contributed by atoms with van der Waals surface area (Å²) in [7, 11) is 0. The molecular formula is C29H34Cl2N4O3. The lowest BCUT2D eigenvalue weighted by Gasteiger charge is -2.43. The fourth-order valence-electron chi connectivity index (χ4n) is 6.45. The molecule has 0 spiro atoms. The largest absolute Gasteiger partial charge is 0.480 e.